The summed E-state index contributed by atoms with van der Waals surface area (Å²) in [6.07, 6.45) is 1.98. The lowest BCUT2D eigenvalue weighted by Crippen LogP contribution is -2.47. The topological polar surface area (TPSA) is 41.1 Å². The zero-order valence-electron chi connectivity index (χ0n) is 12.1. The van der Waals surface area contributed by atoms with E-state index in [4.69, 9.17) is 0 Å². The van der Waals surface area contributed by atoms with Gasteiger partial charge in [0.05, 0.1) is 6.04 Å². The van der Waals surface area contributed by atoms with Crippen LogP contribution in [0.5, 0.6) is 0 Å². The van der Waals surface area contributed by atoms with E-state index in [2.05, 4.69) is 49.6 Å². The van der Waals surface area contributed by atoms with Crippen molar-refractivity contribution in [3.8, 4) is 0 Å². The van der Waals surface area contributed by atoms with Gasteiger partial charge in [0.15, 0.2) is 0 Å². The Kier molecular flexibility index (Phi) is 4.59. The lowest BCUT2D eigenvalue weighted by Gasteiger charge is -2.20. The molecule has 3 nitrogen and oxygen atoms in total. The number of benzene rings is 1. The zero-order chi connectivity index (χ0) is 13.8. The van der Waals surface area contributed by atoms with Crippen molar-refractivity contribution in [2.75, 3.05) is 6.54 Å². The molecule has 2 N–H and O–H groups in total. The van der Waals surface area contributed by atoms with Gasteiger partial charge >= 0.3 is 0 Å². The molecule has 0 aliphatic carbocycles. The van der Waals surface area contributed by atoms with Gasteiger partial charge in [0, 0.05) is 6.04 Å². The van der Waals surface area contributed by atoms with Gasteiger partial charge in [-0.05, 0) is 50.3 Å². The summed E-state index contributed by atoms with van der Waals surface area (Å²) in [6.45, 7) is 7.27. The van der Waals surface area contributed by atoms with Gasteiger partial charge in [-0.2, -0.15) is 0 Å². The molecule has 104 valence electrons. The van der Waals surface area contributed by atoms with Crippen LogP contribution in [0.3, 0.4) is 0 Å². The fourth-order valence-electron chi connectivity index (χ4n) is 2.74. The molecule has 0 spiro atoms. The molecule has 19 heavy (non-hydrogen) atoms. The lowest BCUT2D eigenvalue weighted by molar-refractivity contribution is -0.124. The van der Waals surface area contributed by atoms with Crippen molar-refractivity contribution < 1.29 is 4.79 Å². The predicted molar refractivity (Wildman–Crippen MR) is 78.1 cm³/mol. The Balaban J connectivity index is 1.89. The summed E-state index contributed by atoms with van der Waals surface area (Å²) >= 11 is 0. The first-order valence-electron chi connectivity index (χ1n) is 7.16. The average Bonchev–Trinajstić information content (AvgIpc) is 2.78. The standard InChI is InChI=1S/C16H24N2O/c1-11-6-4-5-7-14(11)10-13(3)18-16(19)15-12(2)8-9-17-15/h4-7,12-13,15,17H,8-10H2,1-3H3,(H,18,19). The SMILES string of the molecule is Cc1ccccc1CC(C)NC(=O)C1NCCC1C. The predicted octanol–water partition coefficient (Wildman–Crippen LogP) is 2.04. The molecule has 3 unspecified atom stereocenters. The summed E-state index contributed by atoms with van der Waals surface area (Å²) in [5.41, 5.74) is 2.60. The van der Waals surface area contributed by atoms with E-state index in [-0.39, 0.29) is 18.0 Å². The van der Waals surface area contributed by atoms with Gasteiger partial charge in [-0.1, -0.05) is 31.2 Å². The first kappa shape index (κ1) is 14.1. The highest BCUT2D eigenvalue weighted by molar-refractivity contribution is 5.82. The molecule has 1 aromatic carbocycles. The summed E-state index contributed by atoms with van der Waals surface area (Å²) < 4.78 is 0. The van der Waals surface area contributed by atoms with E-state index in [0.29, 0.717) is 5.92 Å². The Labute approximate surface area is 115 Å². The minimum Gasteiger partial charge on any atom is -0.352 e. The summed E-state index contributed by atoms with van der Waals surface area (Å²) in [5, 5.41) is 6.40. The molecule has 1 aliphatic rings. The highest BCUT2D eigenvalue weighted by Crippen LogP contribution is 2.15. The maximum absolute atomic E-state index is 12.2. The van der Waals surface area contributed by atoms with E-state index >= 15 is 0 Å². The second-order valence-electron chi connectivity index (χ2n) is 5.74. The zero-order valence-corrected chi connectivity index (χ0v) is 12.1. The fraction of sp³-hybridized carbons (Fsp3) is 0.562. The molecular weight excluding hydrogens is 236 g/mol. The van der Waals surface area contributed by atoms with Crippen LogP contribution in [0, 0.1) is 12.8 Å². The molecule has 2 rings (SSSR count). The van der Waals surface area contributed by atoms with Gasteiger partial charge < -0.3 is 10.6 Å². The van der Waals surface area contributed by atoms with Gasteiger partial charge in [-0.15, -0.1) is 0 Å². The van der Waals surface area contributed by atoms with Crippen LogP contribution in [0.1, 0.15) is 31.4 Å². The van der Waals surface area contributed by atoms with Crippen molar-refractivity contribution in [3.63, 3.8) is 0 Å². The molecule has 0 bridgehead atoms. The highest BCUT2D eigenvalue weighted by Gasteiger charge is 2.29. The molecule has 1 heterocycles. The average molecular weight is 260 g/mol. The van der Waals surface area contributed by atoms with Crippen molar-refractivity contribution in [2.45, 2.75) is 45.7 Å². The fourth-order valence-corrected chi connectivity index (χ4v) is 2.74. The largest absolute Gasteiger partial charge is 0.352 e. The van der Waals surface area contributed by atoms with Crippen molar-refractivity contribution in [1.29, 1.82) is 0 Å². The summed E-state index contributed by atoms with van der Waals surface area (Å²) in [4.78, 5) is 12.2. The van der Waals surface area contributed by atoms with Gasteiger partial charge in [0.25, 0.3) is 0 Å². The van der Waals surface area contributed by atoms with Crippen LogP contribution in [0.2, 0.25) is 0 Å². The Bertz CT molecular complexity index is 444. The van der Waals surface area contributed by atoms with Gasteiger partial charge in [-0.25, -0.2) is 0 Å². The molecule has 3 atom stereocenters. The maximum Gasteiger partial charge on any atom is 0.237 e. The molecule has 1 aliphatic heterocycles. The second kappa shape index (κ2) is 6.20. The number of carbonyl (C=O) groups is 1. The van der Waals surface area contributed by atoms with Crippen molar-refractivity contribution >= 4 is 5.91 Å². The smallest absolute Gasteiger partial charge is 0.237 e. The molecular formula is C16H24N2O. The Morgan fingerprint density at radius 1 is 1.47 bits per heavy atom. The minimum absolute atomic E-state index is 0.0145. The van der Waals surface area contributed by atoms with Gasteiger partial charge in [0.1, 0.15) is 0 Å². The number of amides is 1. The number of hydrogen-bond acceptors (Lipinski definition) is 2. The first-order chi connectivity index (χ1) is 9.08. The molecule has 0 aromatic heterocycles. The number of carbonyl (C=O) groups excluding carboxylic acids is 1. The molecule has 1 aromatic rings. The second-order valence-corrected chi connectivity index (χ2v) is 5.74. The summed E-state index contributed by atoms with van der Waals surface area (Å²) in [7, 11) is 0. The van der Waals surface area contributed by atoms with Crippen molar-refractivity contribution in [3.05, 3.63) is 35.4 Å². The number of aryl methyl sites for hydroxylation is 1. The minimum atomic E-state index is -0.0145. The summed E-state index contributed by atoms with van der Waals surface area (Å²) in [6, 6.07) is 8.50. The van der Waals surface area contributed by atoms with Crippen molar-refractivity contribution in [2.24, 2.45) is 5.92 Å². The maximum atomic E-state index is 12.2. The van der Waals surface area contributed by atoms with Crippen LogP contribution in [0.4, 0.5) is 0 Å². The quantitative estimate of drug-likeness (QED) is 0.870. The van der Waals surface area contributed by atoms with E-state index in [0.717, 1.165) is 19.4 Å². The molecule has 1 fully saturated rings. The highest BCUT2D eigenvalue weighted by atomic mass is 16.2. The number of hydrogen-bond donors (Lipinski definition) is 2. The van der Waals surface area contributed by atoms with Crippen LogP contribution < -0.4 is 10.6 Å². The first-order valence-corrected chi connectivity index (χ1v) is 7.16. The normalized spacial score (nSPS) is 24.2. The van der Waals surface area contributed by atoms with Crippen LogP contribution in [0.25, 0.3) is 0 Å². The molecule has 3 heteroatoms. The van der Waals surface area contributed by atoms with Crippen LogP contribution in [0.15, 0.2) is 24.3 Å². The molecule has 0 saturated carbocycles. The van der Waals surface area contributed by atoms with Crippen LogP contribution in [-0.4, -0.2) is 24.5 Å². The number of nitrogens with one attached hydrogen (secondary N) is 2. The van der Waals surface area contributed by atoms with E-state index in [1.807, 2.05) is 6.07 Å². The van der Waals surface area contributed by atoms with Gasteiger partial charge in [0.2, 0.25) is 5.91 Å². The van der Waals surface area contributed by atoms with Crippen molar-refractivity contribution in [1.82, 2.24) is 10.6 Å². The monoisotopic (exact) mass is 260 g/mol. The lowest BCUT2D eigenvalue weighted by atomic mass is 10.00. The Morgan fingerprint density at radius 2 is 2.21 bits per heavy atom. The van der Waals surface area contributed by atoms with Crippen LogP contribution in [-0.2, 0) is 11.2 Å². The van der Waals surface area contributed by atoms with E-state index in [9.17, 15) is 4.79 Å². The molecule has 1 saturated heterocycles. The third kappa shape index (κ3) is 3.57. The Morgan fingerprint density at radius 3 is 2.84 bits per heavy atom. The third-order valence-electron chi connectivity index (χ3n) is 3.99. The molecule has 1 amide bonds. The number of rotatable bonds is 4. The van der Waals surface area contributed by atoms with E-state index in [1.165, 1.54) is 11.1 Å². The van der Waals surface area contributed by atoms with E-state index in [1.54, 1.807) is 0 Å². The van der Waals surface area contributed by atoms with E-state index < -0.39 is 0 Å². The summed E-state index contributed by atoms with van der Waals surface area (Å²) in [5.74, 6) is 0.580. The third-order valence-corrected chi connectivity index (χ3v) is 3.99. The molecule has 0 radical (unpaired) electrons. The van der Waals surface area contributed by atoms with Gasteiger partial charge in [-0.3, -0.25) is 4.79 Å². The van der Waals surface area contributed by atoms with Crippen LogP contribution >= 0.6 is 0 Å². The Hall–Kier alpha value is -1.35.